The van der Waals surface area contributed by atoms with Crippen LogP contribution in [0.15, 0.2) is 0 Å². The number of nitrogens with zero attached hydrogens (tertiary/aromatic N) is 2. The van der Waals surface area contributed by atoms with E-state index < -0.39 is 0 Å². The van der Waals surface area contributed by atoms with Gasteiger partial charge in [0.25, 0.3) is 0 Å². The van der Waals surface area contributed by atoms with Crippen LogP contribution in [0.2, 0.25) is 0 Å². The molecule has 2 rings (SSSR count). The van der Waals surface area contributed by atoms with Gasteiger partial charge in [0.05, 0.1) is 6.10 Å². The highest BCUT2D eigenvalue weighted by Gasteiger charge is 2.16. The third kappa shape index (κ3) is 3.50. The Morgan fingerprint density at radius 3 is 3.00 bits per heavy atom. The van der Waals surface area contributed by atoms with Gasteiger partial charge < -0.3 is 10.1 Å². The van der Waals surface area contributed by atoms with Crippen molar-refractivity contribution in [1.82, 2.24) is 15.5 Å². The molecule has 0 saturated carbocycles. The molecule has 1 aromatic heterocycles. The van der Waals surface area contributed by atoms with Gasteiger partial charge in [0.1, 0.15) is 10.0 Å². The molecule has 0 amide bonds. The summed E-state index contributed by atoms with van der Waals surface area (Å²) in [5.41, 5.74) is 0. The maximum absolute atomic E-state index is 5.70. The molecule has 1 unspecified atom stereocenters. The minimum atomic E-state index is 0.369. The average molecular weight is 241 g/mol. The quantitative estimate of drug-likeness (QED) is 0.853. The average Bonchev–Trinajstić information content (AvgIpc) is 2.75. The largest absolute Gasteiger partial charge is 0.378 e. The van der Waals surface area contributed by atoms with E-state index in [1.807, 2.05) is 0 Å². The molecule has 1 saturated heterocycles. The first-order chi connectivity index (χ1) is 7.88. The van der Waals surface area contributed by atoms with Crippen LogP contribution in [0.5, 0.6) is 0 Å². The third-order valence-corrected chi connectivity index (χ3v) is 3.66. The summed E-state index contributed by atoms with van der Waals surface area (Å²) < 4.78 is 5.70. The highest BCUT2D eigenvalue weighted by Crippen LogP contribution is 2.19. The van der Waals surface area contributed by atoms with Crippen LogP contribution in [0, 0.1) is 0 Å². The maximum Gasteiger partial charge on any atom is 0.131 e. The summed E-state index contributed by atoms with van der Waals surface area (Å²) in [7, 11) is 0. The molecule has 5 heteroatoms. The van der Waals surface area contributed by atoms with Crippen molar-refractivity contribution in [3.05, 3.63) is 10.0 Å². The van der Waals surface area contributed by atoms with Gasteiger partial charge in [-0.25, -0.2) is 0 Å². The molecule has 0 aliphatic carbocycles. The Bertz CT molecular complexity index is 310. The predicted molar refractivity (Wildman–Crippen MR) is 64.6 cm³/mol. The van der Waals surface area contributed by atoms with E-state index >= 15 is 0 Å². The number of hydrogen-bond donors (Lipinski definition) is 1. The number of ether oxygens (including phenoxy) is 1. The lowest BCUT2D eigenvalue weighted by Gasteiger charge is -2.21. The Balaban J connectivity index is 1.81. The van der Waals surface area contributed by atoms with Gasteiger partial charge in [0, 0.05) is 19.6 Å². The topological polar surface area (TPSA) is 47.0 Å². The molecule has 0 aromatic carbocycles. The standard InChI is InChI=1S/C11H19N3OS/c1-2-12-8-11-14-13-10(16-11)7-9-5-3-4-6-15-9/h9,12H,2-8H2,1H3. The second kappa shape index (κ2) is 6.27. The summed E-state index contributed by atoms with van der Waals surface area (Å²) in [5.74, 6) is 0. The number of hydrogen-bond acceptors (Lipinski definition) is 5. The summed E-state index contributed by atoms with van der Waals surface area (Å²) >= 11 is 1.70. The summed E-state index contributed by atoms with van der Waals surface area (Å²) in [6, 6.07) is 0. The summed E-state index contributed by atoms with van der Waals surface area (Å²) in [6.07, 6.45) is 4.96. The van der Waals surface area contributed by atoms with Gasteiger partial charge >= 0.3 is 0 Å². The molecule has 0 radical (unpaired) electrons. The molecular formula is C11H19N3OS. The van der Waals surface area contributed by atoms with Crippen molar-refractivity contribution >= 4 is 11.3 Å². The number of nitrogens with one attached hydrogen (secondary N) is 1. The van der Waals surface area contributed by atoms with Crippen molar-refractivity contribution < 1.29 is 4.74 Å². The van der Waals surface area contributed by atoms with Gasteiger partial charge in [-0.1, -0.05) is 6.92 Å². The van der Waals surface area contributed by atoms with E-state index in [9.17, 15) is 0 Å². The second-order valence-corrected chi connectivity index (χ2v) is 5.21. The lowest BCUT2D eigenvalue weighted by atomic mass is 10.1. The molecule has 16 heavy (non-hydrogen) atoms. The molecule has 90 valence electrons. The Kier molecular flexibility index (Phi) is 4.69. The van der Waals surface area contributed by atoms with Gasteiger partial charge in [0.2, 0.25) is 0 Å². The molecule has 0 spiro atoms. The van der Waals surface area contributed by atoms with Crippen LogP contribution in [0.4, 0.5) is 0 Å². The zero-order chi connectivity index (χ0) is 11.2. The van der Waals surface area contributed by atoms with Crippen LogP contribution in [-0.4, -0.2) is 29.5 Å². The van der Waals surface area contributed by atoms with Crippen LogP contribution in [0.1, 0.15) is 36.2 Å². The van der Waals surface area contributed by atoms with Crippen molar-refractivity contribution in [2.45, 2.75) is 45.3 Å². The number of rotatable bonds is 5. The molecule has 1 atom stereocenters. The first-order valence-corrected chi connectivity index (χ1v) is 6.83. The lowest BCUT2D eigenvalue weighted by Crippen LogP contribution is -2.21. The lowest BCUT2D eigenvalue weighted by molar-refractivity contribution is 0.0167. The first kappa shape index (κ1) is 12.0. The Morgan fingerprint density at radius 1 is 1.38 bits per heavy atom. The smallest absolute Gasteiger partial charge is 0.131 e. The van der Waals surface area contributed by atoms with Gasteiger partial charge in [-0.3, -0.25) is 0 Å². The Hall–Kier alpha value is -0.520. The predicted octanol–water partition coefficient (Wildman–Crippen LogP) is 1.76. The molecule has 1 aromatic rings. The molecule has 4 nitrogen and oxygen atoms in total. The van der Waals surface area contributed by atoms with Crippen molar-refractivity contribution in [1.29, 1.82) is 0 Å². The molecule has 2 heterocycles. The molecule has 1 aliphatic rings. The van der Waals surface area contributed by atoms with E-state index in [2.05, 4.69) is 22.4 Å². The SMILES string of the molecule is CCNCc1nnc(CC2CCCCO2)s1. The van der Waals surface area contributed by atoms with Crippen molar-refractivity contribution in [3.63, 3.8) is 0 Å². The second-order valence-electron chi connectivity index (χ2n) is 4.06. The zero-order valence-corrected chi connectivity index (χ0v) is 10.6. The minimum absolute atomic E-state index is 0.369. The van der Waals surface area contributed by atoms with Gasteiger partial charge in [-0.15, -0.1) is 21.5 Å². The maximum atomic E-state index is 5.70. The van der Waals surface area contributed by atoms with Crippen molar-refractivity contribution in [3.8, 4) is 0 Å². The van der Waals surface area contributed by atoms with Crippen LogP contribution in [-0.2, 0) is 17.7 Å². The fourth-order valence-corrected chi connectivity index (χ4v) is 2.72. The van der Waals surface area contributed by atoms with Gasteiger partial charge in [0.15, 0.2) is 0 Å². The number of aromatic nitrogens is 2. The van der Waals surface area contributed by atoms with Crippen LogP contribution < -0.4 is 5.32 Å². The van der Waals surface area contributed by atoms with Gasteiger partial charge in [-0.2, -0.15) is 0 Å². The fourth-order valence-electron chi connectivity index (χ4n) is 1.84. The summed E-state index contributed by atoms with van der Waals surface area (Å²) in [6.45, 7) is 4.81. The van der Waals surface area contributed by atoms with E-state index in [1.54, 1.807) is 11.3 Å². The molecule has 1 fully saturated rings. The zero-order valence-electron chi connectivity index (χ0n) is 9.74. The van der Waals surface area contributed by atoms with E-state index in [-0.39, 0.29) is 0 Å². The highest BCUT2D eigenvalue weighted by molar-refractivity contribution is 7.11. The fraction of sp³-hybridized carbons (Fsp3) is 0.818. The minimum Gasteiger partial charge on any atom is -0.378 e. The van der Waals surface area contributed by atoms with E-state index in [0.29, 0.717) is 6.10 Å². The summed E-state index contributed by atoms with van der Waals surface area (Å²) in [5, 5.41) is 13.8. The molecule has 0 bridgehead atoms. The molecule has 1 aliphatic heterocycles. The van der Waals surface area contributed by atoms with Crippen LogP contribution in [0.25, 0.3) is 0 Å². The molecular weight excluding hydrogens is 222 g/mol. The van der Waals surface area contributed by atoms with E-state index in [1.165, 1.54) is 19.3 Å². The summed E-state index contributed by atoms with van der Waals surface area (Å²) in [4.78, 5) is 0. The van der Waals surface area contributed by atoms with Crippen molar-refractivity contribution in [2.24, 2.45) is 0 Å². The first-order valence-electron chi connectivity index (χ1n) is 6.02. The highest BCUT2D eigenvalue weighted by atomic mass is 32.1. The third-order valence-electron chi connectivity index (χ3n) is 2.71. The van der Waals surface area contributed by atoms with E-state index in [0.717, 1.165) is 36.1 Å². The molecule has 1 N–H and O–H groups in total. The van der Waals surface area contributed by atoms with Crippen molar-refractivity contribution in [2.75, 3.05) is 13.2 Å². The monoisotopic (exact) mass is 241 g/mol. The van der Waals surface area contributed by atoms with Crippen LogP contribution >= 0.6 is 11.3 Å². The normalized spacial score (nSPS) is 21.2. The Morgan fingerprint density at radius 2 is 2.25 bits per heavy atom. The Labute approximate surface area is 100 Å². The van der Waals surface area contributed by atoms with E-state index in [4.69, 9.17) is 4.74 Å². The van der Waals surface area contributed by atoms with Gasteiger partial charge in [-0.05, 0) is 25.8 Å². The van der Waals surface area contributed by atoms with Crippen LogP contribution in [0.3, 0.4) is 0 Å².